The van der Waals surface area contributed by atoms with Crippen LogP contribution in [0, 0.1) is 11.8 Å². The summed E-state index contributed by atoms with van der Waals surface area (Å²) in [7, 11) is 3.38. The second-order valence-electron chi connectivity index (χ2n) is 21.1. The van der Waals surface area contributed by atoms with Gasteiger partial charge in [0.2, 0.25) is 17.8 Å². The summed E-state index contributed by atoms with van der Waals surface area (Å²) in [5, 5.41) is 12.4. The number of aromatic nitrogens is 3. The number of methoxy groups -OCH3 is 2. The monoisotopic (exact) mass is 861 g/mol. The van der Waals surface area contributed by atoms with Crippen molar-refractivity contribution in [2.75, 3.05) is 56.4 Å². The molecule has 2 N–H and O–H groups in total. The molecule has 0 spiro atoms. The summed E-state index contributed by atoms with van der Waals surface area (Å²) < 4.78 is 11.2. The third kappa shape index (κ3) is 16.9. The Morgan fingerprint density at radius 1 is 0.525 bits per heavy atom. The zero-order valence-corrected chi connectivity index (χ0v) is 42.1. The third-order valence-electron chi connectivity index (χ3n) is 13.1. The molecule has 2 aliphatic rings. The lowest BCUT2D eigenvalue weighted by atomic mass is 9.71. The van der Waals surface area contributed by atoms with Gasteiger partial charge in [0.1, 0.15) is 13.5 Å². The van der Waals surface area contributed by atoms with E-state index in [1.54, 1.807) is 14.2 Å². The highest BCUT2D eigenvalue weighted by atomic mass is 16.7. The van der Waals surface area contributed by atoms with Gasteiger partial charge >= 0.3 is 0 Å². The molecule has 0 aromatic carbocycles. The van der Waals surface area contributed by atoms with Crippen molar-refractivity contribution in [1.29, 1.82) is 0 Å². The number of rotatable bonds is 31. The highest BCUT2D eigenvalue weighted by Gasteiger charge is 2.50. The van der Waals surface area contributed by atoms with Crippen molar-refractivity contribution >= 4 is 17.8 Å². The van der Waals surface area contributed by atoms with Crippen molar-refractivity contribution in [3.8, 4) is 0 Å². The first-order chi connectivity index (χ1) is 29.0. The van der Waals surface area contributed by atoms with Gasteiger partial charge < -0.3 is 20.1 Å². The van der Waals surface area contributed by atoms with Gasteiger partial charge in [0, 0.05) is 48.5 Å². The topological polar surface area (TPSA) is 109 Å². The van der Waals surface area contributed by atoms with E-state index in [0.29, 0.717) is 43.1 Å². The zero-order chi connectivity index (χ0) is 45.1. The Kier molecular flexibility index (Phi) is 23.0. The lowest BCUT2D eigenvalue weighted by molar-refractivity contribution is -0.289. The number of nitrogens with zero attached hydrogens (tertiary/aromatic N) is 6. The van der Waals surface area contributed by atoms with Crippen molar-refractivity contribution in [1.82, 2.24) is 25.1 Å². The van der Waals surface area contributed by atoms with E-state index >= 15 is 0 Å². The molecule has 2 unspecified atom stereocenters. The summed E-state index contributed by atoms with van der Waals surface area (Å²) in [5.74, 6) is 2.51. The molecule has 2 fully saturated rings. The van der Waals surface area contributed by atoms with Gasteiger partial charge in [-0.3, -0.25) is 14.6 Å². The predicted octanol–water partition coefficient (Wildman–Crippen LogP) is 12.2. The molecular formula is C49H96N8O4. The summed E-state index contributed by atoms with van der Waals surface area (Å²) in [6, 6.07) is 0.360. The lowest BCUT2D eigenvalue weighted by Gasteiger charge is -2.55. The molecule has 0 amide bonds. The molecule has 12 nitrogen and oxygen atoms in total. The molecule has 1 aromatic heterocycles. The Balaban J connectivity index is 1.86. The minimum Gasteiger partial charge on any atom is -0.364 e. The Bertz CT molecular complexity index is 1220. The third-order valence-corrected chi connectivity index (χ3v) is 13.1. The SMILES string of the molecule is CCCCCCCCON1C(C)(C)CC(C(CCC)Nc2nc(NC(CCC)C3CC(C)(C)N(OCCCCCCCC)C(C)(C)C3)nc(N(COC)COC)n2)CC1(C)C. The van der Waals surface area contributed by atoms with E-state index in [4.69, 9.17) is 34.1 Å². The molecule has 0 saturated carbocycles. The van der Waals surface area contributed by atoms with E-state index in [1.807, 2.05) is 4.90 Å². The van der Waals surface area contributed by atoms with E-state index in [0.717, 1.165) is 77.4 Å². The normalized spacial score (nSPS) is 20.4. The van der Waals surface area contributed by atoms with Crippen LogP contribution in [0.2, 0.25) is 0 Å². The van der Waals surface area contributed by atoms with Crippen molar-refractivity contribution in [3.05, 3.63) is 0 Å². The minimum atomic E-state index is -0.128. The quantitative estimate of drug-likeness (QED) is 0.0548. The van der Waals surface area contributed by atoms with Gasteiger partial charge in [-0.1, -0.05) is 105 Å². The number of hydrogen-bond acceptors (Lipinski definition) is 12. The summed E-state index contributed by atoms with van der Waals surface area (Å²) in [5.41, 5.74) is -0.513. The fraction of sp³-hybridized carbons (Fsp3) is 0.939. The van der Waals surface area contributed by atoms with Gasteiger partial charge in [-0.15, -0.1) is 0 Å². The van der Waals surface area contributed by atoms with Crippen molar-refractivity contribution in [2.24, 2.45) is 11.8 Å². The predicted molar refractivity (Wildman–Crippen MR) is 255 cm³/mol. The van der Waals surface area contributed by atoms with E-state index in [2.05, 4.69) is 104 Å². The van der Waals surface area contributed by atoms with Crippen molar-refractivity contribution < 1.29 is 19.1 Å². The molecule has 61 heavy (non-hydrogen) atoms. The highest BCUT2D eigenvalue weighted by molar-refractivity contribution is 5.44. The van der Waals surface area contributed by atoms with E-state index in [9.17, 15) is 0 Å². The molecule has 0 bridgehead atoms. The maximum Gasteiger partial charge on any atom is 0.235 e. The number of ether oxygens (including phenoxy) is 2. The second-order valence-corrected chi connectivity index (χ2v) is 21.1. The van der Waals surface area contributed by atoms with Crippen molar-refractivity contribution in [2.45, 2.75) is 246 Å². The van der Waals surface area contributed by atoms with Gasteiger partial charge in [-0.2, -0.15) is 25.1 Å². The van der Waals surface area contributed by atoms with Crippen LogP contribution in [-0.2, 0) is 19.1 Å². The average molecular weight is 861 g/mol. The van der Waals surface area contributed by atoms with Crippen LogP contribution in [0.25, 0.3) is 0 Å². The highest BCUT2D eigenvalue weighted by Crippen LogP contribution is 2.45. The molecule has 1 aromatic rings. The Hall–Kier alpha value is -1.83. The summed E-state index contributed by atoms with van der Waals surface area (Å²) in [4.78, 5) is 30.5. The number of hydroxylamine groups is 4. The van der Waals surface area contributed by atoms with Gasteiger partial charge in [-0.05, 0) is 119 Å². The van der Waals surface area contributed by atoms with Crippen LogP contribution in [0.3, 0.4) is 0 Å². The molecule has 12 heteroatoms. The Morgan fingerprint density at radius 2 is 0.869 bits per heavy atom. The average Bonchev–Trinajstić information content (AvgIpc) is 3.17. The van der Waals surface area contributed by atoms with Gasteiger partial charge in [0.15, 0.2) is 0 Å². The standard InChI is InChI=1S/C49H96N8O4/c1-15-19-21-23-25-27-31-60-56-46(5,6)33-39(34-47(56,7)8)41(29-17-3)50-43-52-44(54-45(53-43)55(37-58-13)38-59-14)51-42(30-18-4)40-35-48(9,10)57(49(11,12)36-40)61-32-28-26-24-22-20-16-2/h39-42H,15-38H2,1-14H3,(H2,50,51,52,53,54). The fourth-order valence-electron chi connectivity index (χ4n) is 10.9. The molecule has 2 saturated heterocycles. The number of piperidine rings is 2. The minimum absolute atomic E-state index is 0.128. The Morgan fingerprint density at radius 3 is 1.20 bits per heavy atom. The largest absolute Gasteiger partial charge is 0.364 e. The summed E-state index contributed by atoms with van der Waals surface area (Å²) in [6.45, 7) is 30.1. The van der Waals surface area contributed by atoms with Gasteiger partial charge in [-0.25, -0.2) is 0 Å². The van der Waals surface area contributed by atoms with E-state index in [1.165, 1.54) is 64.2 Å². The molecule has 356 valence electrons. The first kappa shape index (κ1) is 53.5. The number of unbranched alkanes of at least 4 members (excludes halogenated alkanes) is 10. The van der Waals surface area contributed by atoms with Crippen LogP contribution in [0.15, 0.2) is 0 Å². The maximum atomic E-state index is 6.64. The van der Waals surface area contributed by atoms with Crippen LogP contribution in [0.5, 0.6) is 0 Å². The van der Waals surface area contributed by atoms with Crippen LogP contribution in [-0.4, -0.2) is 100 Å². The Labute approximate surface area is 375 Å². The lowest BCUT2D eigenvalue weighted by Crippen LogP contribution is -2.62. The molecular weight excluding hydrogens is 765 g/mol. The number of hydrogen-bond donors (Lipinski definition) is 2. The van der Waals surface area contributed by atoms with E-state index in [-0.39, 0.29) is 34.2 Å². The number of nitrogens with one attached hydrogen (secondary N) is 2. The maximum absolute atomic E-state index is 6.64. The smallest absolute Gasteiger partial charge is 0.235 e. The van der Waals surface area contributed by atoms with Crippen LogP contribution in [0.4, 0.5) is 17.8 Å². The molecule has 0 radical (unpaired) electrons. The van der Waals surface area contributed by atoms with Crippen LogP contribution < -0.4 is 15.5 Å². The molecule has 0 aliphatic carbocycles. The molecule has 2 aliphatic heterocycles. The second kappa shape index (κ2) is 26.2. The molecule has 3 heterocycles. The summed E-state index contributed by atoms with van der Waals surface area (Å²) >= 11 is 0. The fourth-order valence-corrected chi connectivity index (χ4v) is 10.9. The first-order valence-electron chi connectivity index (χ1n) is 24.9. The zero-order valence-electron chi connectivity index (χ0n) is 42.1. The van der Waals surface area contributed by atoms with Crippen molar-refractivity contribution in [3.63, 3.8) is 0 Å². The molecule has 3 rings (SSSR count). The van der Waals surface area contributed by atoms with Gasteiger partial charge in [0.05, 0.1) is 13.2 Å². The number of anilines is 3. The van der Waals surface area contributed by atoms with E-state index < -0.39 is 0 Å². The van der Waals surface area contributed by atoms with Crippen LogP contribution in [0.1, 0.15) is 212 Å². The van der Waals surface area contributed by atoms with Crippen LogP contribution >= 0.6 is 0 Å². The molecule has 2 atom stereocenters. The first-order valence-corrected chi connectivity index (χ1v) is 24.9. The summed E-state index contributed by atoms with van der Waals surface area (Å²) in [6.07, 6.45) is 23.3. The van der Waals surface area contributed by atoms with Gasteiger partial charge in [0.25, 0.3) is 0 Å².